The Labute approximate surface area is 179 Å². The highest BCUT2D eigenvalue weighted by atomic mass is 14.1. The van der Waals surface area contributed by atoms with Crippen LogP contribution in [0.1, 0.15) is 88.7 Å². The van der Waals surface area contributed by atoms with E-state index in [9.17, 15) is 0 Å². The number of allylic oxidation sites excluding steroid dienone is 1. The highest BCUT2D eigenvalue weighted by Crippen LogP contribution is 2.24. The zero-order chi connectivity index (χ0) is 20.6. The lowest BCUT2D eigenvalue weighted by atomic mass is 9.95. The summed E-state index contributed by atoms with van der Waals surface area (Å²) in [6.07, 6.45) is 19.7. The van der Waals surface area contributed by atoms with Crippen LogP contribution < -0.4 is 0 Å². The largest absolute Gasteiger partial charge is 0.0985 e. The number of benzene rings is 2. The van der Waals surface area contributed by atoms with E-state index in [4.69, 9.17) is 0 Å². The van der Waals surface area contributed by atoms with Gasteiger partial charge in [-0.2, -0.15) is 0 Å². The summed E-state index contributed by atoms with van der Waals surface area (Å²) in [5.41, 5.74) is 4.23. The van der Waals surface area contributed by atoms with Gasteiger partial charge in [0.25, 0.3) is 0 Å². The molecule has 1 fully saturated rings. The van der Waals surface area contributed by atoms with Crippen molar-refractivity contribution in [3.8, 4) is 0 Å². The third-order valence-electron chi connectivity index (χ3n) is 5.85. The Bertz CT molecular complexity index is 680. The molecule has 0 aliphatic heterocycles. The maximum Gasteiger partial charge on any atom is -0.0257 e. The monoisotopic (exact) mass is 388 g/mol. The van der Waals surface area contributed by atoms with Crippen LogP contribution in [0.15, 0.2) is 72.8 Å². The average Bonchev–Trinajstić information content (AvgIpc) is 2.79. The first-order valence-electron chi connectivity index (χ1n) is 11.7. The molecule has 3 rings (SSSR count). The molecule has 1 aliphatic carbocycles. The molecule has 29 heavy (non-hydrogen) atoms. The molecule has 1 aliphatic rings. The lowest BCUT2D eigenvalue weighted by Crippen LogP contribution is -1.95. The van der Waals surface area contributed by atoms with E-state index in [0.29, 0.717) is 0 Å². The van der Waals surface area contributed by atoms with Crippen LogP contribution in [0.4, 0.5) is 0 Å². The lowest BCUT2D eigenvalue weighted by Gasteiger charge is -2.11. The SMILES string of the molecule is C=Cc1ccccc1.CC1CCCCCCCC(=Cc2ccccc2)CCCC1. The Morgan fingerprint density at radius 3 is 1.72 bits per heavy atom. The third kappa shape index (κ3) is 10.9. The van der Waals surface area contributed by atoms with Crippen molar-refractivity contribution in [3.63, 3.8) is 0 Å². The van der Waals surface area contributed by atoms with Gasteiger partial charge in [-0.1, -0.05) is 137 Å². The van der Waals surface area contributed by atoms with Crippen LogP contribution in [-0.4, -0.2) is 0 Å². The molecule has 0 N–H and O–H groups in total. The highest BCUT2D eigenvalue weighted by Gasteiger charge is 2.05. The van der Waals surface area contributed by atoms with E-state index in [2.05, 4.69) is 49.9 Å². The van der Waals surface area contributed by atoms with E-state index < -0.39 is 0 Å². The Hall–Kier alpha value is -2.08. The van der Waals surface area contributed by atoms with Gasteiger partial charge in [0, 0.05) is 0 Å². The summed E-state index contributed by atoms with van der Waals surface area (Å²) in [6, 6.07) is 20.9. The maximum absolute atomic E-state index is 3.63. The minimum atomic E-state index is 0.937. The molecule has 2 aromatic rings. The van der Waals surface area contributed by atoms with E-state index in [1.54, 1.807) is 5.57 Å². The van der Waals surface area contributed by atoms with Gasteiger partial charge in [-0.25, -0.2) is 0 Å². The normalized spacial score (nSPS) is 20.3. The minimum absolute atomic E-state index is 0.937. The van der Waals surface area contributed by atoms with E-state index in [0.717, 1.165) is 5.92 Å². The van der Waals surface area contributed by atoms with Crippen LogP contribution in [0.3, 0.4) is 0 Å². The summed E-state index contributed by atoms with van der Waals surface area (Å²) in [5.74, 6) is 0.937. The number of hydrogen-bond donors (Lipinski definition) is 0. The van der Waals surface area contributed by atoms with Crippen molar-refractivity contribution in [3.05, 3.63) is 83.9 Å². The fourth-order valence-corrected chi connectivity index (χ4v) is 4.01. The molecule has 0 amide bonds. The molecule has 0 spiro atoms. The van der Waals surface area contributed by atoms with Crippen molar-refractivity contribution in [2.24, 2.45) is 5.92 Å². The molecule has 0 heterocycles. The van der Waals surface area contributed by atoms with E-state index in [-0.39, 0.29) is 0 Å². The second-order valence-electron chi connectivity index (χ2n) is 8.49. The maximum atomic E-state index is 3.63. The third-order valence-corrected chi connectivity index (χ3v) is 5.85. The van der Waals surface area contributed by atoms with Crippen LogP contribution in [-0.2, 0) is 0 Å². The van der Waals surface area contributed by atoms with Gasteiger partial charge in [0.1, 0.15) is 0 Å². The Kier molecular flexibility index (Phi) is 11.9. The zero-order valence-corrected chi connectivity index (χ0v) is 18.5. The quantitative estimate of drug-likeness (QED) is 0.480. The standard InChI is InChI=1S/C21H32.C8H8/c1-19-12-6-3-2-4-7-14-21(17-11-10-13-19)18-20-15-8-5-9-16-20;1-2-8-6-4-3-5-7-8/h5,8-9,15-16,18-19H,2-4,6-7,10-14,17H2,1H3;2-7H,1H2. The minimum Gasteiger partial charge on any atom is -0.0985 e. The fraction of sp³-hybridized carbons (Fsp3) is 0.448. The second-order valence-corrected chi connectivity index (χ2v) is 8.49. The molecule has 2 aromatic carbocycles. The fourth-order valence-electron chi connectivity index (χ4n) is 4.01. The predicted molar refractivity (Wildman–Crippen MR) is 131 cm³/mol. The average molecular weight is 389 g/mol. The van der Waals surface area contributed by atoms with Crippen LogP contribution in [0.2, 0.25) is 0 Å². The van der Waals surface area contributed by atoms with Crippen LogP contribution in [0, 0.1) is 5.92 Å². The summed E-state index contributed by atoms with van der Waals surface area (Å²) in [4.78, 5) is 0. The molecule has 1 saturated carbocycles. The van der Waals surface area contributed by atoms with E-state index in [1.807, 2.05) is 36.4 Å². The van der Waals surface area contributed by atoms with Gasteiger partial charge in [-0.3, -0.25) is 0 Å². The van der Waals surface area contributed by atoms with Crippen molar-refractivity contribution in [2.45, 2.75) is 77.6 Å². The smallest absolute Gasteiger partial charge is 0.0257 e. The molecule has 0 aromatic heterocycles. The summed E-state index contributed by atoms with van der Waals surface area (Å²) >= 11 is 0. The van der Waals surface area contributed by atoms with Crippen LogP contribution in [0.5, 0.6) is 0 Å². The van der Waals surface area contributed by atoms with Gasteiger partial charge in [0.15, 0.2) is 0 Å². The predicted octanol–water partition coefficient (Wildman–Crippen LogP) is 9.34. The van der Waals surface area contributed by atoms with Crippen LogP contribution >= 0.6 is 0 Å². The Morgan fingerprint density at radius 1 is 0.655 bits per heavy atom. The van der Waals surface area contributed by atoms with Gasteiger partial charge in [0.05, 0.1) is 0 Å². The van der Waals surface area contributed by atoms with Crippen LogP contribution in [0.25, 0.3) is 12.2 Å². The molecule has 156 valence electrons. The molecular formula is C29H40. The molecule has 0 saturated heterocycles. The van der Waals surface area contributed by atoms with Crippen molar-refractivity contribution >= 4 is 12.2 Å². The summed E-state index contributed by atoms with van der Waals surface area (Å²) in [5, 5.41) is 0. The second kappa shape index (κ2) is 14.9. The molecule has 1 unspecified atom stereocenters. The van der Waals surface area contributed by atoms with Crippen molar-refractivity contribution in [1.29, 1.82) is 0 Å². The zero-order valence-electron chi connectivity index (χ0n) is 18.5. The summed E-state index contributed by atoms with van der Waals surface area (Å²) in [6.45, 7) is 6.08. The Balaban J connectivity index is 0.000000313. The van der Waals surface area contributed by atoms with E-state index in [1.165, 1.54) is 81.8 Å². The summed E-state index contributed by atoms with van der Waals surface area (Å²) in [7, 11) is 0. The van der Waals surface area contributed by atoms with Gasteiger partial charge < -0.3 is 0 Å². The molecule has 0 radical (unpaired) electrons. The topological polar surface area (TPSA) is 0 Å². The van der Waals surface area contributed by atoms with Gasteiger partial charge in [-0.15, -0.1) is 0 Å². The molecule has 0 heteroatoms. The van der Waals surface area contributed by atoms with Crippen molar-refractivity contribution in [1.82, 2.24) is 0 Å². The van der Waals surface area contributed by atoms with Crippen molar-refractivity contribution < 1.29 is 0 Å². The first kappa shape index (κ1) is 23.2. The molecule has 1 atom stereocenters. The first-order valence-corrected chi connectivity index (χ1v) is 11.7. The Morgan fingerprint density at radius 2 is 1.14 bits per heavy atom. The van der Waals surface area contributed by atoms with Gasteiger partial charge in [-0.05, 0) is 42.7 Å². The molecule has 0 bridgehead atoms. The van der Waals surface area contributed by atoms with Gasteiger partial charge >= 0.3 is 0 Å². The highest BCUT2D eigenvalue weighted by molar-refractivity contribution is 5.52. The van der Waals surface area contributed by atoms with E-state index >= 15 is 0 Å². The number of rotatable bonds is 2. The van der Waals surface area contributed by atoms with Gasteiger partial charge in [0.2, 0.25) is 0 Å². The first-order chi connectivity index (χ1) is 14.3. The molecule has 0 nitrogen and oxygen atoms in total. The lowest BCUT2D eigenvalue weighted by molar-refractivity contribution is 0.441. The van der Waals surface area contributed by atoms with Crippen molar-refractivity contribution in [2.75, 3.05) is 0 Å². The summed E-state index contributed by atoms with van der Waals surface area (Å²) < 4.78 is 0. The molecular weight excluding hydrogens is 348 g/mol. The number of hydrogen-bond acceptors (Lipinski definition) is 0.